The van der Waals surface area contributed by atoms with Crippen molar-refractivity contribution in [1.82, 2.24) is 4.98 Å². The van der Waals surface area contributed by atoms with Crippen LogP contribution in [0.25, 0.3) is 0 Å². The largest absolute Gasteiger partial charge is 0.486 e. The number of hydrogen-bond donors (Lipinski definition) is 1. The monoisotopic (exact) mass is 406 g/mol. The molecule has 0 fully saturated rings. The first-order chi connectivity index (χ1) is 12.8. The molecule has 0 aliphatic carbocycles. The van der Waals surface area contributed by atoms with E-state index in [1.165, 1.54) is 25.1 Å². The van der Waals surface area contributed by atoms with Gasteiger partial charge in [0, 0.05) is 6.20 Å². The van der Waals surface area contributed by atoms with Gasteiger partial charge in [0.2, 0.25) is 0 Å². The standard InChI is InChI=1S/C19H16ClFN2O3S/c1-13-10-14(21)5-8-19(13)27(24,25)23-15-6-7-18(17(20)11-15)26-12-16-4-2-3-9-22-16/h2-11,23H,12H2,1H3. The fourth-order valence-corrected chi connectivity index (χ4v) is 3.95. The molecule has 0 bridgehead atoms. The molecule has 1 heterocycles. The van der Waals surface area contributed by atoms with Crippen LogP contribution in [0.1, 0.15) is 11.3 Å². The molecular weight excluding hydrogens is 391 g/mol. The van der Waals surface area contributed by atoms with Gasteiger partial charge >= 0.3 is 0 Å². The Labute approximate surface area is 161 Å². The molecule has 0 radical (unpaired) electrons. The van der Waals surface area contributed by atoms with E-state index in [0.29, 0.717) is 11.3 Å². The SMILES string of the molecule is Cc1cc(F)ccc1S(=O)(=O)Nc1ccc(OCc2ccccn2)c(Cl)c1. The zero-order valence-corrected chi connectivity index (χ0v) is 15.9. The number of hydrogen-bond acceptors (Lipinski definition) is 4. The van der Waals surface area contributed by atoms with E-state index in [1.54, 1.807) is 18.3 Å². The van der Waals surface area contributed by atoms with E-state index in [4.69, 9.17) is 16.3 Å². The second-order valence-corrected chi connectivity index (χ2v) is 7.83. The summed E-state index contributed by atoms with van der Waals surface area (Å²) in [5.74, 6) is -0.0906. The molecular formula is C19H16ClFN2O3S. The van der Waals surface area contributed by atoms with Gasteiger partial charge in [-0.25, -0.2) is 12.8 Å². The Bertz CT molecular complexity index is 1060. The van der Waals surface area contributed by atoms with Crippen molar-refractivity contribution in [1.29, 1.82) is 0 Å². The Balaban J connectivity index is 1.75. The van der Waals surface area contributed by atoms with Crippen LogP contribution in [-0.2, 0) is 16.6 Å². The van der Waals surface area contributed by atoms with Gasteiger partial charge < -0.3 is 4.74 Å². The second kappa shape index (κ2) is 7.94. The number of aromatic nitrogens is 1. The number of ether oxygens (including phenoxy) is 1. The van der Waals surface area contributed by atoms with Crippen LogP contribution in [-0.4, -0.2) is 13.4 Å². The van der Waals surface area contributed by atoms with Gasteiger partial charge in [-0.2, -0.15) is 0 Å². The fraction of sp³-hybridized carbons (Fsp3) is 0.105. The summed E-state index contributed by atoms with van der Waals surface area (Å²) in [4.78, 5) is 4.15. The minimum atomic E-state index is -3.87. The van der Waals surface area contributed by atoms with Crippen LogP contribution in [0.5, 0.6) is 5.75 Å². The number of anilines is 1. The topological polar surface area (TPSA) is 68.3 Å². The van der Waals surface area contributed by atoms with Gasteiger partial charge in [0.15, 0.2) is 0 Å². The number of nitrogens with zero attached hydrogens (tertiary/aromatic N) is 1. The molecule has 0 spiro atoms. The van der Waals surface area contributed by atoms with Crippen LogP contribution >= 0.6 is 11.6 Å². The molecule has 3 aromatic rings. The van der Waals surface area contributed by atoms with Crippen LogP contribution in [0.4, 0.5) is 10.1 Å². The van der Waals surface area contributed by atoms with E-state index in [9.17, 15) is 12.8 Å². The average Bonchev–Trinajstić information content (AvgIpc) is 2.61. The summed E-state index contributed by atoms with van der Waals surface area (Å²) in [7, 11) is -3.87. The lowest BCUT2D eigenvalue weighted by molar-refractivity contribution is 0.301. The predicted octanol–water partition coefficient (Wildman–Crippen LogP) is 4.56. The van der Waals surface area contributed by atoms with E-state index in [2.05, 4.69) is 9.71 Å². The summed E-state index contributed by atoms with van der Waals surface area (Å²) < 4.78 is 46.3. The summed E-state index contributed by atoms with van der Waals surface area (Å²) in [6, 6.07) is 13.5. The quantitative estimate of drug-likeness (QED) is 0.651. The molecule has 0 atom stereocenters. The molecule has 27 heavy (non-hydrogen) atoms. The van der Waals surface area contributed by atoms with Crippen molar-refractivity contribution >= 4 is 27.3 Å². The maximum absolute atomic E-state index is 13.2. The molecule has 1 aromatic heterocycles. The van der Waals surface area contributed by atoms with E-state index in [0.717, 1.165) is 17.8 Å². The van der Waals surface area contributed by atoms with Crippen molar-refractivity contribution in [3.8, 4) is 5.75 Å². The molecule has 0 aliphatic heterocycles. The van der Waals surface area contributed by atoms with E-state index >= 15 is 0 Å². The third kappa shape index (κ3) is 4.75. The lowest BCUT2D eigenvalue weighted by Crippen LogP contribution is -2.14. The van der Waals surface area contributed by atoms with Gasteiger partial charge in [-0.1, -0.05) is 17.7 Å². The third-order valence-electron chi connectivity index (χ3n) is 3.71. The Morgan fingerprint density at radius 1 is 1.15 bits per heavy atom. The highest BCUT2D eigenvalue weighted by Gasteiger charge is 2.18. The zero-order valence-electron chi connectivity index (χ0n) is 14.3. The molecule has 2 aromatic carbocycles. The lowest BCUT2D eigenvalue weighted by atomic mass is 10.2. The number of aryl methyl sites for hydroxylation is 1. The second-order valence-electron chi connectivity index (χ2n) is 5.77. The molecule has 3 rings (SSSR count). The molecule has 8 heteroatoms. The third-order valence-corrected chi connectivity index (χ3v) is 5.55. The molecule has 1 N–H and O–H groups in total. The van der Waals surface area contributed by atoms with Crippen molar-refractivity contribution in [2.45, 2.75) is 18.4 Å². The summed E-state index contributed by atoms with van der Waals surface area (Å²) in [6.45, 7) is 1.76. The minimum Gasteiger partial charge on any atom is -0.486 e. The number of pyridine rings is 1. The van der Waals surface area contributed by atoms with Gasteiger partial charge in [-0.15, -0.1) is 0 Å². The van der Waals surface area contributed by atoms with Gasteiger partial charge in [0.05, 0.1) is 21.3 Å². The summed E-state index contributed by atoms with van der Waals surface area (Å²) >= 11 is 6.19. The van der Waals surface area contributed by atoms with Crippen LogP contribution in [0, 0.1) is 12.7 Å². The molecule has 0 saturated heterocycles. The first-order valence-electron chi connectivity index (χ1n) is 7.96. The highest BCUT2D eigenvalue weighted by molar-refractivity contribution is 7.92. The van der Waals surface area contributed by atoms with Crippen molar-refractivity contribution < 1.29 is 17.5 Å². The van der Waals surface area contributed by atoms with Crippen molar-refractivity contribution in [2.75, 3.05) is 4.72 Å². The molecule has 5 nitrogen and oxygen atoms in total. The zero-order chi connectivity index (χ0) is 19.4. The van der Waals surface area contributed by atoms with Gasteiger partial charge in [-0.3, -0.25) is 9.71 Å². The predicted molar refractivity (Wildman–Crippen MR) is 102 cm³/mol. The molecule has 0 amide bonds. The number of benzene rings is 2. The first-order valence-corrected chi connectivity index (χ1v) is 9.82. The normalized spacial score (nSPS) is 11.2. The Kier molecular flexibility index (Phi) is 5.62. The summed E-state index contributed by atoms with van der Waals surface area (Å²) in [5.41, 5.74) is 1.32. The summed E-state index contributed by atoms with van der Waals surface area (Å²) in [6.07, 6.45) is 1.66. The fourth-order valence-electron chi connectivity index (χ4n) is 2.44. The molecule has 0 aliphatic rings. The smallest absolute Gasteiger partial charge is 0.262 e. The van der Waals surface area contributed by atoms with Gasteiger partial charge in [-0.05, 0) is 61.0 Å². The Morgan fingerprint density at radius 3 is 2.63 bits per heavy atom. The van der Waals surface area contributed by atoms with E-state index in [1.807, 2.05) is 12.1 Å². The van der Waals surface area contributed by atoms with Crippen molar-refractivity contribution in [3.05, 3.63) is 82.9 Å². The van der Waals surface area contributed by atoms with Crippen LogP contribution in [0.15, 0.2) is 65.7 Å². The first kappa shape index (κ1) is 19.1. The van der Waals surface area contributed by atoms with Crippen LogP contribution < -0.4 is 9.46 Å². The number of rotatable bonds is 6. The minimum absolute atomic E-state index is 0.00417. The Hall–Kier alpha value is -2.64. The molecule has 0 unspecified atom stereocenters. The lowest BCUT2D eigenvalue weighted by Gasteiger charge is -2.12. The maximum atomic E-state index is 13.2. The summed E-state index contributed by atoms with van der Waals surface area (Å²) in [5, 5.41) is 0.252. The molecule has 140 valence electrons. The number of nitrogens with one attached hydrogen (secondary N) is 1. The van der Waals surface area contributed by atoms with E-state index < -0.39 is 15.8 Å². The highest BCUT2D eigenvalue weighted by Crippen LogP contribution is 2.29. The average molecular weight is 407 g/mol. The van der Waals surface area contributed by atoms with Crippen LogP contribution in [0.3, 0.4) is 0 Å². The Morgan fingerprint density at radius 2 is 1.96 bits per heavy atom. The van der Waals surface area contributed by atoms with Crippen molar-refractivity contribution in [3.63, 3.8) is 0 Å². The van der Waals surface area contributed by atoms with Crippen LogP contribution in [0.2, 0.25) is 5.02 Å². The van der Waals surface area contributed by atoms with E-state index in [-0.39, 0.29) is 22.2 Å². The maximum Gasteiger partial charge on any atom is 0.262 e. The highest BCUT2D eigenvalue weighted by atomic mass is 35.5. The number of halogens is 2. The van der Waals surface area contributed by atoms with Crippen molar-refractivity contribution in [2.24, 2.45) is 0 Å². The van der Waals surface area contributed by atoms with Gasteiger partial charge in [0.1, 0.15) is 18.2 Å². The van der Waals surface area contributed by atoms with Gasteiger partial charge in [0.25, 0.3) is 10.0 Å². The number of sulfonamides is 1. The molecule has 0 saturated carbocycles.